The van der Waals surface area contributed by atoms with E-state index < -0.39 is 0 Å². The predicted molar refractivity (Wildman–Crippen MR) is 84.6 cm³/mol. The van der Waals surface area contributed by atoms with Crippen LogP contribution in [-0.2, 0) is 9.59 Å². The molecule has 2 unspecified atom stereocenters. The van der Waals surface area contributed by atoms with Gasteiger partial charge in [-0.25, -0.2) is 0 Å². The Hall–Kier alpha value is -0.700. The minimum absolute atomic E-state index is 0.150. The third kappa shape index (κ3) is 8.47. The summed E-state index contributed by atoms with van der Waals surface area (Å²) in [6.07, 6.45) is 9.57. The summed E-state index contributed by atoms with van der Waals surface area (Å²) in [5.41, 5.74) is 5.74. The number of carbonyl (C=O) groups excluding carboxylic acids is 2. The fraction of sp³-hybridized carbons (Fsp3) is 0.882. The number of hydrogen-bond acceptors (Lipinski definition) is 3. The smallest absolute Gasteiger partial charge is 0.146 e. The Morgan fingerprint density at radius 3 is 2.05 bits per heavy atom. The summed E-state index contributed by atoms with van der Waals surface area (Å²) < 4.78 is 0. The molecule has 2 N–H and O–H groups in total. The first-order valence-corrected chi connectivity index (χ1v) is 8.16. The van der Waals surface area contributed by atoms with E-state index >= 15 is 0 Å². The Labute approximate surface area is 124 Å². The normalized spacial score (nSPS) is 18.6. The largest absolute Gasteiger partial charge is 0.321 e. The molecule has 0 aromatic heterocycles. The van der Waals surface area contributed by atoms with Gasteiger partial charge in [0, 0.05) is 5.92 Å². The van der Waals surface area contributed by atoms with Crippen molar-refractivity contribution < 1.29 is 9.59 Å². The lowest BCUT2D eigenvalue weighted by atomic mass is 9.83. The Balaban J connectivity index is 0.000000370. The van der Waals surface area contributed by atoms with E-state index in [-0.39, 0.29) is 17.7 Å². The second-order valence-corrected chi connectivity index (χ2v) is 6.19. The van der Waals surface area contributed by atoms with E-state index in [4.69, 9.17) is 5.73 Å². The first kappa shape index (κ1) is 19.3. The van der Waals surface area contributed by atoms with Gasteiger partial charge < -0.3 is 5.73 Å². The van der Waals surface area contributed by atoms with Crippen LogP contribution < -0.4 is 5.73 Å². The molecule has 0 amide bonds. The number of carbonyl (C=O) groups is 2. The molecular formula is C17H33NO2. The van der Waals surface area contributed by atoms with E-state index in [1.807, 2.05) is 6.92 Å². The van der Waals surface area contributed by atoms with Crippen LogP contribution in [0, 0.1) is 11.8 Å². The lowest BCUT2D eigenvalue weighted by Gasteiger charge is -2.25. The van der Waals surface area contributed by atoms with E-state index in [9.17, 15) is 9.59 Å². The molecule has 0 bridgehead atoms. The average molecular weight is 283 g/mol. The number of Topliss-reactive ketones (excluding diaryl/α,β-unsaturated/α-hetero) is 2. The number of rotatable bonds is 6. The zero-order chi connectivity index (χ0) is 15.5. The molecule has 2 atom stereocenters. The van der Waals surface area contributed by atoms with Crippen LogP contribution >= 0.6 is 0 Å². The van der Waals surface area contributed by atoms with Gasteiger partial charge >= 0.3 is 0 Å². The molecule has 1 aliphatic carbocycles. The number of nitrogens with two attached hydrogens (primary N) is 1. The van der Waals surface area contributed by atoms with Crippen LogP contribution in [0.5, 0.6) is 0 Å². The summed E-state index contributed by atoms with van der Waals surface area (Å²) in [6, 6.07) is -0.185. The van der Waals surface area contributed by atoms with Crippen molar-refractivity contribution in [2.24, 2.45) is 17.6 Å². The molecule has 1 fully saturated rings. The van der Waals surface area contributed by atoms with Gasteiger partial charge in [-0.1, -0.05) is 46.0 Å². The van der Waals surface area contributed by atoms with E-state index in [0.717, 1.165) is 19.3 Å². The van der Waals surface area contributed by atoms with Crippen LogP contribution in [0.15, 0.2) is 0 Å². The summed E-state index contributed by atoms with van der Waals surface area (Å²) >= 11 is 0. The van der Waals surface area contributed by atoms with Crippen molar-refractivity contribution >= 4 is 11.6 Å². The maximum Gasteiger partial charge on any atom is 0.146 e. The molecule has 0 aliphatic heterocycles. The van der Waals surface area contributed by atoms with Crippen molar-refractivity contribution in [3.05, 3.63) is 0 Å². The van der Waals surface area contributed by atoms with E-state index in [1.54, 1.807) is 13.8 Å². The van der Waals surface area contributed by atoms with Crippen molar-refractivity contribution in [2.75, 3.05) is 0 Å². The Kier molecular flexibility index (Phi) is 10.6. The van der Waals surface area contributed by atoms with Crippen molar-refractivity contribution in [3.63, 3.8) is 0 Å². The summed E-state index contributed by atoms with van der Waals surface area (Å²) in [5, 5.41) is 0. The van der Waals surface area contributed by atoms with Crippen LogP contribution in [0.3, 0.4) is 0 Å². The van der Waals surface area contributed by atoms with E-state index in [0.29, 0.717) is 11.7 Å². The van der Waals surface area contributed by atoms with E-state index in [2.05, 4.69) is 6.92 Å². The van der Waals surface area contributed by atoms with Gasteiger partial charge in [0.15, 0.2) is 0 Å². The van der Waals surface area contributed by atoms with Crippen LogP contribution in [0.2, 0.25) is 0 Å². The van der Waals surface area contributed by atoms with Crippen molar-refractivity contribution in [1.29, 1.82) is 0 Å². The third-order valence-electron chi connectivity index (χ3n) is 4.31. The van der Waals surface area contributed by atoms with E-state index in [1.165, 1.54) is 32.1 Å². The molecule has 1 rings (SSSR count). The molecule has 1 aliphatic rings. The van der Waals surface area contributed by atoms with Gasteiger partial charge in [0.25, 0.3) is 0 Å². The van der Waals surface area contributed by atoms with Crippen LogP contribution in [0.25, 0.3) is 0 Å². The predicted octanol–water partition coefficient (Wildman–Crippen LogP) is 3.88. The summed E-state index contributed by atoms with van der Waals surface area (Å²) in [4.78, 5) is 21.6. The molecular weight excluding hydrogens is 250 g/mol. The maximum atomic E-state index is 10.9. The monoisotopic (exact) mass is 283 g/mol. The Morgan fingerprint density at radius 2 is 1.65 bits per heavy atom. The SMILES string of the molecule is CC(=O)C(N)C1CCCCC1.CCCCC(C)C(C)=O. The van der Waals surface area contributed by atoms with Crippen LogP contribution in [0.1, 0.15) is 79.1 Å². The Bertz CT molecular complexity index is 283. The molecule has 3 heteroatoms. The zero-order valence-electron chi connectivity index (χ0n) is 13.8. The quantitative estimate of drug-likeness (QED) is 0.804. The molecule has 0 saturated heterocycles. The summed E-state index contributed by atoms with van der Waals surface area (Å²) in [7, 11) is 0. The topological polar surface area (TPSA) is 60.2 Å². The second-order valence-electron chi connectivity index (χ2n) is 6.19. The lowest BCUT2D eigenvalue weighted by molar-refractivity contribution is -0.120. The highest BCUT2D eigenvalue weighted by Gasteiger charge is 2.23. The van der Waals surface area contributed by atoms with Gasteiger partial charge in [-0.2, -0.15) is 0 Å². The lowest BCUT2D eigenvalue weighted by Crippen LogP contribution is -2.37. The second kappa shape index (κ2) is 11.0. The maximum absolute atomic E-state index is 10.9. The van der Waals surface area contributed by atoms with Gasteiger partial charge in [-0.3, -0.25) is 9.59 Å². The van der Waals surface area contributed by atoms with Gasteiger partial charge in [0.1, 0.15) is 11.6 Å². The highest BCUT2D eigenvalue weighted by molar-refractivity contribution is 5.81. The van der Waals surface area contributed by atoms with Crippen molar-refractivity contribution in [1.82, 2.24) is 0 Å². The standard InChI is InChI=1S/C9H17NO.C8H16O/c1-7(11)9(10)8-5-3-2-4-6-8;1-4-5-6-7(2)8(3)9/h8-9H,2-6,10H2,1H3;7H,4-6H2,1-3H3. The minimum atomic E-state index is -0.185. The number of ketones is 2. The van der Waals surface area contributed by atoms with Crippen molar-refractivity contribution in [2.45, 2.75) is 85.1 Å². The fourth-order valence-electron chi connectivity index (χ4n) is 2.54. The summed E-state index contributed by atoms with van der Waals surface area (Å²) in [6.45, 7) is 7.41. The molecule has 0 heterocycles. The molecule has 118 valence electrons. The molecule has 0 aromatic carbocycles. The number of hydrogen-bond donors (Lipinski definition) is 1. The average Bonchev–Trinajstić information content (AvgIpc) is 2.45. The van der Waals surface area contributed by atoms with Gasteiger partial charge in [-0.05, 0) is 39.0 Å². The highest BCUT2D eigenvalue weighted by atomic mass is 16.1. The Morgan fingerprint density at radius 1 is 1.10 bits per heavy atom. The first-order chi connectivity index (χ1) is 9.40. The highest BCUT2D eigenvalue weighted by Crippen LogP contribution is 2.25. The minimum Gasteiger partial charge on any atom is -0.321 e. The van der Waals surface area contributed by atoms with Crippen LogP contribution in [-0.4, -0.2) is 17.6 Å². The van der Waals surface area contributed by atoms with Crippen LogP contribution in [0.4, 0.5) is 0 Å². The molecule has 0 aromatic rings. The molecule has 20 heavy (non-hydrogen) atoms. The molecule has 0 radical (unpaired) electrons. The molecule has 3 nitrogen and oxygen atoms in total. The summed E-state index contributed by atoms with van der Waals surface area (Å²) in [5.74, 6) is 1.23. The van der Waals surface area contributed by atoms with Gasteiger partial charge in [0.2, 0.25) is 0 Å². The first-order valence-electron chi connectivity index (χ1n) is 8.16. The number of unbranched alkanes of at least 4 members (excludes halogenated alkanes) is 1. The van der Waals surface area contributed by atoms with Gasteiger partial charge in [-0.15, -0.1) is 0 Å². The molecule has 1 saturated carbocycles. The third-order valence-corrected chi connectivity index (χ3v) is 4.31. The van der Waals surface area contributed by atoms with Crippen molar-refractivity contribution in [3.8, 4) is 0 Å². The van der Waals surface area contributed by atoms with Gasteiger partial charge in [0.05, 0.1) is 6.04 Å². The zero-order valence-corrected chi connectivity index (χ0v) is 13.8. The molecule has 0 spiro atoms. The fourth-order valence-corrected chi connectivity index (χ4v) is 2.54.